The van der Waals surface area contributed by atoms with Gasteiger partial charge in [-0.1, -0.05) is 48.5 Å². The van der Waals surface area contributed by atoms with Gasteiger partial charge in [0.15, 0.2) is 0 Å². The molecule has 3 atom stereocenters. The van der Waals surface area contributed by atoms with Crippen LogP contribution in [0.4, 0.5) is 0 Å². The Morgan fingerprint density at radius 3 is 2.57 bits per heavy atom. The van der Waals surface area contributed by atoms with Crippen LogP contribution in [0.3, 0.4) is 0 Å². The van der Waals surface area contributed by atoms with Crippen molar-refractivity contribution in [3.8, 4) is 0 Å². The molecular formula is C26H28N2OS. The second-order valence-corrected chi connectivity index (χ2v) is 9.79. The Kier molecular flexibility index (Phi) is 5.21. The van der Waals surface area contributed by atoms with E-state index in [9.17, 15) is 4.79 Å². The van der Waals surface area contributed by atoms with Gasteiger partial charge in [-0.05, 0) is 54.0 Å². The smallest absolute Gasteiger partial charge is 0.254 e. The fourth-order valence-electron chi connectivity index (χ4n) is 5.31. The monoisotopic (exact) mass is 416 g/mol. The molecule has 2 fully saturated rings. The van der Waals surface area contributed by atoms with Crippen molar-refractivity contribution < 1.29 is 4.79 Å². The Hall–Kier alpha value is -2.43. The number of hydrogen-bond donors (Lipinski definition) is 0. The molecule has 2 saturated heterocycles. The predicted molar refractivity (Wildman–Crippen MR) is 123 cm³/mol. The topological polar surface area (TPSA) is 23.6 Å². The van der Waals surface area contributed by atoms with E-state index in [1.165, 1.54) is 16.0 Å². The maximum absolute atomic E-state index is 13.7. The molecule has 0 unspecified atom stereocenters. The van der Waals surface area contributed by atoms with Gasteiger partial charge >= 0.3 is 0 Å². The van der Waals surface area contributed by atoms with Gasteiger partial charge in [-0.2, -0.15) is 0 Å². The molecule has 3 heterocycles. The highest BCUT2D eigenvalue weighted by molar-refractivity contribution is 7.09. The SMILES string of the molecule is Cc1cccc(C(=O)N2C[C@@H]3CN(Cc4cccs4)C[C@@H]3[C@H]2c2ccccc2)c1C. The molecule has 30 heavy (non-hydrogen) atoms. The summed E-state index contributed by atoms with van der Waals surface area (Å²) in [7, 11) is 0. The van der Waals surface area contributed by atoms with Crippen LogP contribution in [-0.4, -0.2) is 35.3 Å². The van der Waals surface area contributed by atoms with Crippen molar-refractivity contribution >= 4 is 17.2 Å². The number of fused-ring (bicyclic) bond motifs is 1. The number of hydrogen-bond acceptors (Lipinski definition) is 3. The first kappa shape index (κ1) is 19.5. The Morgan fingerprint density at radius 2 is 1.80 bits per heavy atom. The van der Waals surface area contributed by atoms with E-state index in [1.54, 1.807) is 0 Å². The summed E-state index contributed by atoms with van der Waals surface area (Å²) in [4.78, 5) is 19.9. The third-order valence-electron chi connectivity index (χ3n) is 6.94. The number of thiophene rings is 1. The quantitative estimate of drug-likeness (QED) is 0.575. The second-order valence-electron chi connectivity index (χ2n) is 8.76. The van der Waals surface area contributed by atoms with Crippen LogP contribution in [0.25, 0.3) is 0 Å². The number of aryl methyl sites for hydroxylation is 1. The maximum Gasteiger partial charge on any atom is 0.254 e. The molecule has 154 valence electrons. The van der Waals surface area contributed by atoms with E-state index in [0.29, 0.717) is 11.8 Å². The Labute approximate surface area is 183 Å². The molecule has 2 aromatic carbocycles. The van der Waals surface area contributed by atoms with Crippen LogP contribution in [0.2, 0.25) is 0 Å². The van der Waals surface area contributed by atoms with E-state index in [4.69, 9.17) is 0 Å². The first-order valence-electron chi connectivity index (χ1n) is 10.8. The zero-order valence-electron chi connectivity index (χ0n) is 17.6. The highest BCUT2D eigenvalue weighted by Gasteiger charge is 2.49. The van der Waals surface area contributed by atoms with Gasteiger partial charge in [-0.15, -0.1) is 11.3 Å². The van der Waals surface area contributed by atoms with Crippen molar-refractivity contribution in [3.63, 3.8) is 0 Å². The van der Waals surface area contributed by atoms with Gasteiger partial charge in [-0.3, -0.25) is 9.69 Å². The Bertz CT molecular complexity index is 1030. The molecule has 2 aliphatic rings. The lowest BCUT2D eigenvalue weighted by atomic mass is 9.89. The van der Waals surface area contributed by atoms with Crippen LogP contribution in [0.1, 0.15) is 38.0 Å². The lowest BCUT2D eigenvalue weighted by Crippen LogP contribution is -2.36. The summed E-state index contributed by atoms with van der Waals surface area (Å²) in [6, 6.07) is 21.2. The summed E-state index contributed by atoms with van der Waals surface area (Å²) in [6.07, 6.45) is 0. The number of nitrogens with zero attached hydrogens (tertiary/aromatic N) is 2. The van der Waals surface area contributed by atoms with Gasteiger partial charge in [0.2, 0.25) is 0 Å². The Morgan fingerprint density at radius 1 is 0.967 bits per heavy atom. The van der Waals surface area contributed by atoms with Crippen LogP contribution in [0, 0.1) is 25.7 Å². The minimum atomic E-state index is 0.150. The largest absolute Gasteiger partial charge is 0.331 e. The highest BCUT2D eigenvalue weighted by Crippen LogP contribution is 2.46. The molecule has 1 amide bonds. The first-order chi connectivity index (χ1) is 14.6. The molecule has 0 bridgehead atoms. The average molecular weight is 417 g/mol. The Balaban J connectivity index is 1.44. The van der Waals surface area contributed by atoms with Crippen LogP contribution >= 0.6 is 11.3 Å². The number of carbonyl (C=O) groups excluding carboxylic acids is 1. The molecule has 3 aromatic rings. The number of benzene rings is 2. The van der Waals surface area contributed by atoms with E-state index < -0.39 is 0 Å². The van der Waals surface area contributed by atoms with Crippen LogP contribution in [-0.2, 0) is 6.54 Å². The molecule has 0 aliphatic carbocycles. The fraction of sp³-hybridized carbons (Fsp3) is 0.346. The summed E-state index contributed by atoms with van der Waals surface area (Å²) in [5, 5.41) is 2.16. The van der Waals surface area contributed by atoms with Crippen LogP contribution < -0.4 is 0 Å². The molecule has 5 rings (SSSR count). The molecular weight excluding hydrogens is 388 g/mol. The molecule has 2 aliphatic heterocycles. The highest BCUT2D eigenvalue weighted by atomic mass is 32.1. The van der Waals surface area contributed by atoms with Crippen LogP contribution in [0.5, 0.6) is 0 Å². The van der Waals surface area contributed by atoms with Crippen molar-refractivity contribution in [1.29, 1.82) is 0 Å². The standard InChI is InChI=1S/C26H28N2OS/c1-18-8-6-12-23(19(18)2)26(29)28-15-21-14-27(16-22-11-7-13-30-22)17-24(21)25(28)20-9-4-3-5-10-20/h3-13,21,24-25H,14-17H2,1-2H3/t21-,24-,25+/m0/s1. The van der Waals surface area contributed by atoms with E-state index >= 15 is 0 Å². The molecule has 0 spiro atoms. The average Bonchev–Trinajstić information content (AvgIpc) is 3.47. The van der Waals surface area contributed by atoms with Crippen molar-refractivity contribution in [2.24, 2.45) is 11.8 Å². The van der Waals surface area contributed by atoms with Gasteiger partial charge < -0.3 is 4.90 Å². The van der Waals surface area contributed by atoms with E-state index in [1.807, 2.05) is 23.5 Å². The van der Waals surface area contributed by atoms with Gasteiger partial charge in [0, 0.05) is 42.5 Å². The summed E-state index contributed by atoms with van der Waals surface area (Å²) >= 11 is 1.83. The van der Waals surface area contributed by atoms with Crippen molar-refractivity contribution in [2.75, 3.05) is 19.6 Å². The number of rotatable bonds is 4. The van der Waals surface area contributed by atoms with Crippen molar-refractivity contribution in [1.82, 2.24) is 9.80 Å². The molecule has 0 N–H and O–H groups in total. The summed E-state index contributed by atoms with van der Waals surface area (Å²) in [5.41, 5.74) is 4.40. The lowest BCUT2D eigenvalue weighted by molar-refractivity contribution is 0.0699. The number of carbonyl (C=O) groups is 1. The minimum Gasteiger partial charge on any atom is -0.331 e. The summed E-state index contributed by atoms with van der Waals surface area (Å²) in [6.45, 7) is 8.15. The van der Waals surface area contributed by atoms with Crippen LogP contribution in [0.15, 0.2) is 66.0 Å². The minimum absolute atomic E-state index is 0.150. The number of likely N-dealkylation sites (tertiary alicyclic amines) is 2. The molecule has 1 aromatic heterocycles. The third-order valence-corrected chi connectivity index (χ3v) is 7.80. The van der Waals surface area contributed by atoms with Gasteiger partial charge in [0.1, 0.15) is 0 Å². The van der Waals surface area contributed by atoms with E-state index in [0.717, 1.165) is 37.3 Å². The van der Waals surface area contributed by atoms with E-state index in [-0.39, 0.29) is 11.9 Å². The summed E-state index contributed by atoms with van der Waals surface area (Å²) in [5.74, 6) is 1.20. The van der Waals surface area contributed by atoms with Gasteiger partial charge in [-0.25, -0.2) is 0 Å². The van der Waals surface area contributed by atoms with E-state index in [2.05, 4.69) is 77.6 Å². The zero-order valence-corrected chi connectivity index (χ0v) is 18.4. The third kappa shape index (κ3) is 3.48. The zero-order chi connectivity index (χ0) is 20.7. The molecule has 0 radical (unpaired) electrons. The number of amides is 1. The van der Waals surface area contributed by atoms with Crippen molar-refractivity contribution in [2.45, 2.75) is 26.4 Å². The summed E-state index contributed by atoms with van der Waals surface area (Å²) < 4.78 is 0. The molecule has 0 saturated carbocycles. The molecule has 4 heteroatoms. The van der Waals surface area contributed by atoms with Crippen molar-refractivity contribution in [3.05, 3.63) is 93.2 Å². The predicted octanol–water partition coefficient (Wildman–Crippen LogP) is 5.31. The van der Waals surface area contributed by atoms with Gasteiger partial charge in [0.05, 0.1) is 6.04 Å². The lowest BCUT2D eigenvalue weighted by Gasteiger charge is -2.30. The maximum atomic E-state index is 13.7. The second kappa shape index (κ2) is 8.01. The fourth-order valence-corrected chi connectivity index (χ4v) is 6.06. The normalized spacial score (nSPS) is 23.7. The first-order valence-corrected chi connectivity index (χ1v) is 11.7. The van der Waals surface area contributed by atoms with Gasteiger partial charge in [0.25, 0.3) is 5.91 Å². The molecule has 3 nitrogen and oxygen atoms in total.